The summed E-state index contributed by atoms with van der Waals surface area (Å²) < 4.78 is 1.71. The summed E-state index contributed by atoms with van der Waals surface area (Å²) in [5, 5.41) is 17.1. The fraction of sp³-hybridized carbons (Fsp3) is 0.412. The predicted octanol–water partition coefficient (Wildman–Crippen LogP) is 2.22. The molecule has 5 nitrogen and oxygen atoms in total. The Morgan fingerprint density at radius 1 is 1.32 bits per heavy atom. The van der Waals surface area contributed by atoms with E-state index in [0.29, 0.717) is 11.3 Å². The molecule has 0 radical (unpaired) electrons. The lowest BCUT2D eigenvalue weighted by atomic mass is 9.98. The van der Waals surface area contributed by atoms with Gasteiger partial charge in [0.2, 0.25) is 0 Å². The highest BCUT2D eigenvalue weighted by Gasteiger charge is 2.35. The summed E-state index contributed by atoms with van der Waals surface area (Å²) in [6.45, 7) is 1.82. The number of aromatic nitrogens is 2. The van der Waals surface area contributed by atoms with Gasteiger partial charge in [0.25, 0.3) is 5.91 Å². The number of aryl methyl sites for hydroxylation is 1. The lowest BCUT2D eigenvalue weighted by Gasteiger charge is -2.27. The van der Waals surface area contributed by atoms with Crippen LogP contribution in [0.15, 0.2) is 36.5 Å². The van der Waals surface area contributed by atoms with Gasteiger partial charge < -0.3 is 10.4 Å². The number of aliphatic hydroxyl groups excluding tert-OH is 1. The summed E-state index contributed by atoms with van der Waals surface area (Å²) in [6, 6.07) is 9.70. The number of carbonyl (C=O) groups excluding carboxylic acids is 1. The molecule has 0 unspecified atom stereocenters. The molecule has 1 saturated carbocycles. The molecule has 2 N–H and O–H groups in total. The molecule has 2 aromatic rings. The van der Waals surface area contributed by atoms with Crippen LogP contribution in [0, 0.1) is 6.92 Å². The summed E-state index contributed by atoms with van der Waals surface area (Å²) in [7, 11) is 0. The van der Waals surface area contributed by atoms with Crippen LogP contribution < -0.4 is 5.32 Å². The van der Waals surface area contributed by atoms with Gasteiger partial charge in [-0.05, 0) is 31.9 Å². The highest BCUT2D eigenvalue weighted by molar-refractivity contribution is 5.95. The molecule has 0 atom stereocenters. The van der Waals surface area contributed by atoms with Gasteiger partial charge in [0.1, 0.15) is 0 Å². The molecular weight excluding hydrogens is 278 g/mol. The van der Waals surface area contributed by atoms with Gasteiger partial charge in [-0.1, -0.05) is 31.0 Å². The highest BCUT2D eigenvalue weighted by Crippen LogP contribution is 2.29. The SMILES string of the molecule is Cc1nn(-c2ccccc2)cc1C(=O)NC1(CO)CCCC1. The van der Waals surface area contributed by atoms with Gasteiger partial charge in [-0.15, -0.1) is 0 Å². The van der Waals surface area contributed by atoms with Crippen LogP contribution in [0.4, 0.5) is 0 Å². The van der Waals surface area contributed by atoms with Gasteiger partial charge in [0.05, 0.1) is 29.1 Å². The fourth-order valence-corrected chi connectivity index (χ4v) is 3.08. The van der Waals surface area contributed by atoms with Crippen LogP contribution in [0.3, 0.4) is 0 Å². The quantitative estimate of drug-likeness (QED) is 0.909. The third kappa shape index (κ3) is 2.76. The zero-order valence-electron chi connectivity index (χ0n) is 12.7. The van der Waals surface area contributed by atoms with E-state index in [9.17, 15) is 9.90 Å². The van der Waals surface area contributed by atoms with Crippen molar-refractivity contribution in [3.05, 3.63) is 47.8 Å². The number of benzene rings is 1. The molecule has 0 spiro atoms. The van der Waals surface area contributed by atoms with Crippen molar-refractivity contribution in [1.29, 1.82) is 0 Å². The van der Waals surface area contributed by atoms with Crippen molar-refractivity contribution in [2.45, 2.75) is 38.1 Å². The molecule has 22 heavy (non-hydrogen) atoms. The number of hydrogen-bond acceptors (Lipinski definition) is 3. The van der Waals surface area contributed by atoms with Gasteiger partial charge >= 0.3 is 0 Å². The Morgan fingerprint density at radius 3 is 2.64 bits per heavy atom. The number of aliphatic hydroxyl groups is 1. The van der Waals surface area contributed by atoms with Gasteiger partial charge in [-0.3, -0.25) is 4.79 Å². The van der Waals surface area contributed by atoms with E-state index in [1.54, 1.807) is 10.9 Å². The van der Waals surface area contributed by atoms with Crippen molar-refractivity contribution in [3.8, 4) is 5.69 Å². The summed E-state index contributed by atoms with van der Waals surface area (Å²) in [5.41, 5.74) is 1.71. The highest BCUT2D eigenvalue weighted by atomic mass is 16.3. The molecule has 3 rings (SSSR count). The first-order chi connectivity index (χ1) is 10.6. The molecule has 0 bridgehead atoms. The molecule has 1 aromatic heterocycles. The van der Waals surface area contributed by atoms with Crippen LogP contribution in [0.25, 0.3) is 5.69 Å². The topological polar surface area (TPSA) is 67.2 Å². The summed E-state index contributed by atoms with van der Waals surface area (Å²) in [6.07, 6.45) is 5.51. The number of nitrogens with zero attached hydrogens (tertiary/aromatic N) is 2. The largest absolute Gasteiger partial charge is 0.394 e. The number of nitrogens with one attached hydrogen (secondary N) is 1. The van der Waals surface area contributed by atoms with Crippen LogP contribution >= 0.6 is 0 Å². The van der Waals surface area contributed by atoms with E-state index in [2.05, 4.69) is 10.4 Å². The zero-order valence-corrected chi connectivity index (χ0v) is 12.7. The average molecular weight is 299 g/mol. The van der Waals surface area contributed by atoms with Crippen LogP contribution in [0.5, 0.6) is 0 Å². The first-order valence-corrected chi connectivity index (χ1v) is 7.69. The van der Waals surface area contributed by atoms with Crippen LogP contribution in [-0.2, 0) is 0 Å². The second-order valence-corrected chi connectivity index (χ2v) is 6.01. The van der Waals surface area contributed by atoms with Gasteiger partial charge in [-0.2, -0.15) is 5.10 Å². The van der Waals surface area contributed by atoms with Crippen molar-refractivity contribution in [2.24, 2.45) is 0 Å². The molecule has 1 heterocycles. The van der Waals surface area contributed by atoms with E-state index in [-0.39, 0.29) is 12.5 Å². The molecule has 0 aliphatic heterocycles. The van der Waals surface area contributed by atoms with Crippen molar-refractivity contribution in [1.82, 2.24) is 15.1 Å². The number of hydrogen-bond donors (Lipinski definition) is 2. The Labute approximate surface area is 130 Å². The van der Waals surface area contributed by atoms with Crippen molar-refractivity contribution in [3.63, 3.8) is 0 Å². The Hall–Kier alpha value is -2.14. The summed E-state index contributed by atoms with van der Waals surface area (Å²) in [5.74, 6) is -0.157. The minimum Gasteiger partial charge on any atom is -0.394 e. The summed E-state index contributed by atoms with van der Waals surface area (Å²) in [4.78, 5) is 12.6. The third-order valence-electron chi connectivity index (χ3n) is 4.41. The summed E-state index contributed by atoms with van der Waals surface area (Å²) >= 11 is 0. The first kappa shape index (κ1) is 14.8. The Bertz CT molecular complexity index is 658. The van der Waals surface area contributed by atoms with Crippen LogP contribution in [0.1, 0.15) is 41.7 Å². The molecule has 116 valence electrons. The van der Waals surface area contributed by atoms with Crippen LogP contribution in [0.2, 0.25) is 0 Å². The van der Waals surface area contributed by atoms with E-state index >= 15 is 0 Å². The number of carbonyl (C=O) groups is 1. The minimum atomic E-state index is -0.460. The third-order valence-corrected chi connectivity index (χ3v) is 4.41. The molecule has 1 aliphatic rings. The monoisotopic (exact) mass is 299 g/mol. The normalized spacial score (nSPS) is 16.6. The van der Waals surface area contributed by atoms with Gasteiger partial charge in [-0.25, -0.2) is 4.68 Å². The smallest absolute Gasteiger partial charge is 0.255 e. The van der Waals surface area contributed by atoms with E-state index in [0.717, 1.165) is 31.4 Å². The Balaban J connectivity index is 1.83. The fourth-order valence-electron chi connectivity index (χ4n) is 3.08. The second kappa shape index (κ2) is 5.93. The molecule has 1 amide bonds. The second-order valence-electron chi connectivity index (χ2n) is 6.01. The van der Waals surface area contributed by atoms with E-state index in [4.69, 9.17) is 0 Å². The molecule has 0 saturated heterocycles. The van der Waals surface area contributed by atoms with Gasteiger partial charge in [0.15, 0.2) is 0 Å². The molecule has 1 aromatic carbocycles. The van der Waals surface area contributed by atoms with E-state index in [1.165, 1.54) is 0 Å². The van der Waals surface area contributed by atoms with Crippen molar-refractivity contribution in [2.75, 3.05) is 6.61 Å². The van der Waals surface area contributed by atoms with E-state index in [1.807, 2.05) is 37.3 Å². The lowest BCUT2D eigenvalue weighted by Crippen LogP contribution is -2.49. The average Bonchev–Trinajstić information content (AvgIpc) is 3.15. The van der Waals surface area contributed by atoms with Crippen molar-refractivity contribution >= 4 is 5.91 Å². The lowest BCUT2D eigenvalue weighted by molar-refractivity contribution is 0.0838. The zero-order chi connectivity index (χ0) is 15.6. The van der Waals surface area contributed by atoms with Gasteiger partial charge in [0, 0.05) is 6.20 Å². The Kier molecular flexibility index (Phi) is 3.98. The maximum Gasteiger partial charge on any atom is 0.255 e. The molecule has 1 fully saturated rings. The molecule has 1 aliphatic carbocycles. The number of amides is 1. The predicted molar refractivity (Wildman–Crippen MR) is 84.1 cm³/mol. The molecular formula is C17H21N3O2. The number of rotatable bonds is 4. The maximum atomic E-state index is 12.6. The first-order valence-electron chi connectivity index (χ1n) is 7.69. The number of para-hydroxylation sites is 1. The van der Waals surface area contributed by atoms with Crippen molar-refractivity contribution < 1.29 is 9.90 Å². The van der Waals surface area contributed by atoms with E-state index < -0.39 is 5.54 Å². The molecule has 5 heteroatoms. The van der Waals surface area contributed by atoms with Crippen LogP contribution in [-0.4, -0.2) is 32.9 Å². The standard InChI is InChI=1S/C17H21N3O2/c1-13-15(11-20(19-13)14-7-3-2-4-8-14)16(22)18-17(12-21)9-5-6-10-17/h2-4,7-8,11,21H,5-6,9-10,12H2,1H3,(H,18,22). The Morgan fingerprint density at radius 2 is 2.00 bits per heavy atom. The maximum absolute atomic E-state index is 12.6. The minimum absolute atomic E-state index is 0.00932.